The molecule has 2 atom stereocenters. The summed E-state index contributed by atoms with van der Waals surface area (Å²) in [4.78, 5) is 40.2. The Morgan fingerprint density at radius 2 is 1.96 bits per heavy atom. The lowest BCUT2D eigenvalue weighted by molar-refractivity contribution is -0.131. The molecule has 3 amide bonds. The molecule has 2 heterocycles. The molecule has 2 unspecified atom stereocenters. The van der Waals surface area contributed by atoms with Crippen LogP contribution in [0.15, 0.2) is 22.7 Å². The first-order valence-corrected chi connectivity index (χ1v) is 8.87. The molecule has 0 aliphatic carbocycles. The summed E-state index contributed by atoms with van der Waals surface area (Å²) < 4.78 is 0.749. The third-order valence-electron chi connectivity index (χ3n) is 4.80. The molecule has 6 nitrogen and oxygen atoms in total. The normalized spacial score (nSPS) is 22.2. The number of rotatable bonds is 4. The maximum absolute atomic E-state index is 12.4. The molecule has 1 aromatic rings. The Labute approximate surface area is 161 Å². The van der Waals surface area contributed by atoms with Gasteiger partial charge in [0.2, 0.25) is 5.91 Å². The van der Waals surface area contributed by atoms with E-state index >= 15 is 0 Å². The van der Waals surface area contributed by atoms with Crippen LogP contribution in [-0.2, 0) is 4.79 Å². The van der Waals surface area contributed by atoms with Crippen molar-refractivity contribution in [1.82, 2.24) is 9.80 Å². The van der Waals surface area contributed by atoms with Gasteiger partial charge in [0.05, 0.1) is 11.1 Å². The summed E-state index contributed by atoms with van der Waals surface area (Å²) in [6.07, 6.45) is 1.05. The average Bonchev–Trinajstić information content (AvgIpc) is 3.04. The number of carbonyl (C=O) groups is 3. The number of benzene rings is 1. The van der Waals surface area contributed by atoms with Crippen molar-refractivity contribution in [3.05, 3.63) is 33.8 Å². The molecule has 2 N–H and O–H groups in total. The zero-order valence-electron chi connectivity index (χ0n) is 13.9. The molecule has 136 valence electrons. The number of carbonyl (C=O) groups excluding carboxylic acids is 3. The van der Waals surface area contributed by atoms with Gasteiger partial charge in [0.1, 0.15) is 0 Å². The minimum atomic E-state index is -0.335. The number of halogens is 2. The molecule has 0 radical (unpaired) electrons. The highest BCUT2D eigenvalue weighted by Crippen LogP contribution is 2.27. The maximum Gasteiger partial charge on any atom is 0.261 e. The third-order valence-corrected chi connectivity index (χ3v) is 5.29. The second-order valence-corrected chi connectivity index (χ2v) is 7.35. The lowest BCUT2D eigenvalue weighted by Gasteiger charge is -2.23. The molecule has 2 aliphatic heterocycles. The summed E-state index contributed by atoms with van der Waals surface area (Å²) in [7, 11) is 0. The van der Waals surface area contributed by atoms with Gasteiger partial charge in [-0.05, 0) is 44.0 Å². The molecular formula is C17H21BrClN3O3. The highest BCUT2D eigenvalue weighted by molar-refractivity contribution is 9.10. The van der Waals surface area contributed by atoms with E-state index in [0.29, 0.717) is 30.1 Å². The number of nitrogens with two attached hydrogens (primary N) is 1. The van der Waals surface area contributed by atoms with Crippen LogP contribution in [-0.4, -0.2) is 53.2 Å². The number of likely N-dealkylation sites (tertiary alicyclic amines) is 1. The summed E-state index contributed by atoms with van der Waals surface area (Å²) in [5.74, 6) is -0.361. The van der Waals surface area contributed by atoms with E-state index in [1.807, 2.05) is 11.8 Å². The van der Waals surface area contributed by atoms with Crippen LogP contribution in [0.2, 0.25) is 0 Å². The number of hydrogen-bond acceptors (Lipinski definition) is 4. The highest BCUT2D eigenvalue weighted by Gasteiger charge is 2.37. The van der Waals surface area contributed by atoms with Crippen LogP contribution in [0.4, 0.5) is 0 Å². The van der Waals surface area contributed by atoms with E-state index in [9.17, 15) is 14.4 Å². The van der Waals surface area contributed by atoms with E-state index in [-0.39, 0.29) is 49.1 Å². The largest absolute Gasteiger partial charge is 0.340 e. The summed E-state index contributed by atoms with van der Waals surface area (Å²) in [5.41, 5.74) is 6.47. The highest BCUT2D eigenvalue weighted by atomic mass is 79.9. The van der Waals surface area contributed by atoms with E-state index in [0.717, 1.165) is 15.8 Å². The first-order chi connectivity index (χ1) is 11.4. The Hall–Kier alpha value is -1.44. The second-order valence-electron chi connectivity index (χ2n) is 6.43. The van der Waals surface area contributed by atoms with Crippen LogP contribution >= 0.6 is 28.3 Å². The third kappa shape index (κ3) is 3.73. The fourth-order valence-corrected chi connectivity index (χ4v) is 3.84. The predicted octanol–water partition coefficient (Wildman–Crippen LogP) is 2.05. The zero-order chi connectivity index (χ0) is 17.4. The smallest absolute Gasteiger partial charge is 0.261 e. The second kappa shape index (κ2) is 7.85. The van der Waals surface area contributed by atoms with Crippen LogP contribution in [0.5, 0.6) is 0 Å². The maximum atomic E-state index is 12.4. The van der Waals surface area contributed by atoms with Crippen LogP contribution in [0.1, 0.15) is 40.5 Å². The molecule has 1 saturated heterocycles. The van der Waals surface area contributed by atoms with Crippen LogP contribution in [0.25, 0.3) is 0 Å². The number of amides is 3. The molecule has 8 heteroatoms. The van der Waals surface area contributed by atoms with Crippen molar-refractivity contribution in [2.75, 3.05) is 19.6 Å². The molecule has 0 saturated carbocycles. The Bertz CT molecular complexity index is 712. The standard InChI is InChI=1S/C17H20BrN3O3.ClH/c1-10-6-11(8-19)9-21(10)15(22)4-5-20-16(23)13-3-2-12(18)7-14(13)17(20)24;/h2-3,7,10-11H,4-6,8-9,19H2,1H3;1H. The molecular weight excluding hydrogens is 410 g/mol. The van der Waals surface area contributed by atoms with Gasteiger partial charge in [0.15, 0.2) is 0 Å². The molecule has 1 fully saturated rings. The Morgan fingerprint density at radius 3 is 2.60 bits per heavy atom. The minimum absolute atomic E-state index is 0. The van der Waals surface area contributed by atoms with Gasteiger partial charge in [0.25, 0.3) is 11.8 Å². The Balaban J connectivity index is 0.00000225. The topological polar surface area (TPSA) is 83.7 Å². The quantitative estimate of drug-likeness (QED) is 0.741. The van der Waals surface area contributed by atoms with Gasteiger partial charge in [-0.15, -0.1) is 12.4 Å². The van der Waals surface area contributed by atoms with Crippen LogP contribution in [0.3, 0.4) is 0 Å². The summed E-state index contributed by atoms with van der Waals surface area (Å²) >= 11 is 3.31. The van der Waals surface area contributed by atoms with Crippen molar-refractivity contribution in [2.24, 2.45) is 11.7 Å². The number of hydrogen-bond donors (Lipinski definition) is 1. The van der Waals surface area contributed by atoms with Gasteiger partial charge in [0, 0.05) is 30.0 Å². The van der Waals surface area contributed by atoms with Crippen molar-refractivity contribution in [1.29, 1.82) is 0 Å². The molecule has 25 heavy (non-hydrogen) atoms. The molecule has 0 spiro atoms. The summed E-state index contributed by atoms with van der Waals surface area (Å²) in [6.45, 7) is 3.35. The van der Waals surface area contributed by atoms with Crippen LogP contribution in [0, 0.1) is 5.92 Å². The summed E-state index contributed by atoms with van der Waals surface area (Å²) in [5, 5.41) is 0. The first kappa shape index (κ1) is 19.9. The molecule has 0 aromatic heterocycles. The Kier molecular flexibility index (Phi) is 6.24. The SMILES string of the molecule is CC1CC(CN)CN1C(=O)CCN1C(=O)c2ccc(Br)cc2C1=O.Cl. The van der Waals surface area contributed by atoms with Gasteiger partial charge in [-0.2, -0.15) is 0 Å². The zero-order valence-corrected chi connectivity index (χ0v) is 16.3. The molecule has 3 rings (SSSR count). The lowest BCUT2D eigenvalue weighted by Crippen LogP contribution is -2.38. The van der Waals surface area contributed by atoms with E-state index < -0.39 is 0 Å². The molecule has 0 bridgehead atoms. The van der Waals surface area contributed by atoms with Gasteiger partial charge < -0.3 is 10.6 Å². The average molecular weight is 431 g/mol. The van der Waals surface area contributed by atoms with E-state index in [1.165, 1.54) is 0 Å². The molecule has 1 aromatic carbocycles. The van der Waals surface area contributed by atoms with E-state index in [4.69, 9.17) is 5.73 Å². The number of fused-ring (bicyclic) bond motifs is 1. The predicted molar refractivity (Wildman–Crippen MR) is 99.7 cm³/mol. The van der Waals surface area contributed by atoms with Crippen LogP contribution < -0.4 is 5.73 Å². The monoisotopic (exact) mass is 429 g/mol. The lowest BCUT2D eigenvalue weighted by atomic mass is 10.1. The van der Waals surface area contributed by atoms with Crippen molar-refractivity contribution < 1.29 is 14.4 Å². The van der Waals surface area contributed by atoms with Crippen molar-refractivity contribution in [2.45, 2.75) is 25.8 Å². The fraction of sp³-hybridized carbons (Fsp3) is 0.471. The van der Waals surface area contributed by atoms with Crippen molar-refractivity contribution >= 4 is 46.1 Å². The van der Waals surface area contributed by atoms with Crippen molar-refractivity contribution in [3.63, 3.8) is 0 Å². The number of imide groups is 1. The Morgan fingerprint density at radius 1 is 1.28 bits per heavy atom. The van der Waals surface area contributed by atoms with E-state index in [2.05, 4.69) is 15.9 Å². The number of nitrogens with zero attached hydrogens (tertiary/aromatic N) is 2. The fourth-order valence-electron chi connectivity index (χ4n) is 3.48. The first-order valence-electron chi connectivity index (χ1n) is 8.07. The van der Waals surface area contributed by atoms with Gasteiger partial charge >= 0.3 is 0 Å². The summed E-state index contributed by atoms with van der Waals surface area (Å²) in [6, 6.07) is 5.17. The van der Waals surface area contributed by atoms with E-state index in [1.54, 1.807) is 18.2 Å². The molecule has 2 aliphatic rings. The van der Waals surface area contributed by atoms with Gasteiger partial charge in [-0.25, -0.2) is 0 Å². The minimum Gasteiger partial charge on any atom is -0.340 e. The van der Waals surface area contributed by atoms with Gasteiger partial charge in [-0.1, -0.05) is 15.9 Å². The van der Waals surface area contributed by atoms with Gasteiger partial charge in [-0.3, -0.25) is 19.3 Å². The van der Waals surface area contributed by atoms with Crippen molar-refractivity contribution in [3.8, 4) is 0 Å².